The molecule has 3 aliphatic rings. The van der Waals surface area contributed by atoms with Crippen molar-refractivity contribution in [3.05, 3.63) is 58.9 Å². The number of rotatable bonds is 6. The first-order chi connectivity index (χ1) is 18.4. The maximum atomic E-state index is 13.6. The summed E-state index contributed by atoms with van der Waals surface area (Å²) in [5.74, 6) is -1.77. The fraction of sp³-hybridized carbons (Fsp3) is 0.464. The summed E-state index contributed by atoms with van der Waals surface area (Å²) in [6.45, 7) is 3.25. The van der Waals surface area contributed by atoms with E-state index in [4.69, 9.17) is 4.74 Å². The number of amides is 2. The predicted molar refractivity (Wildman–Crippen MR) is 138 cm³/mol. The van der Waals surface area contributed by atoms with Crippen LogP contribution in [-0.4, -0.2) is 85.5 Å². The summed E-state index contributed by atoms with van der Waals surface area (Å²) < 4.78 is 18.7. The highest BCUT2D eigenvalue weighted by Crippen LogP contribution is 2.41. The number of likely N-dealkylation sites (tertiary alicyclic amines) is 1. The number of hydrogen-bond acceptors (Lipinski definition) is 7. The van der Waals surface area contributed by atoms with Gasteiger partial charge in [0.1, 0.15) is 11.6 Å². The van der Waals surface area contributed by atoms with Crippen LogP contribution in [0.15, 0.2) is 36.4 Å². The van der Waals surface area contributed by atoms with Crippen molar-refractivity contribution in [2.24, 2.45) is 5.92 Å². The molecule has 3 aliphatic heterocycles. The number of piperazine rings is 1. The molecule has 2 saturated heterocycles. The third-order valence-corrected chi connectivity index (χ3v) is 7.86. The normalized spacial score (nSPS) is 19.9. The minimum Gasteiger partial charge on any atom is -0.496 e. The lowest BCUT2D eigenvalue weighted by atomic mass is 9.89. The Morgan fingerprint density at radius 2 is 1.71 bits per heavy atom. The SMILES string of the molecule is COc1cc2c(cc1C(=O)N1CCC(Cc3ccc(F)cc3)CC1)C(C(=O)C(=O)N1CCNCC1)CN2O. The van der Waals surface area contributed by atoms with Gasteiger partial charge in [-0.25, -0.2) is 4.39 Å². The standard InChI is InChI=1S/C28H33FN4O5/c1-38-25-16-24-21(23(17-33(24)37)26(34)28(36)32-12-8-30-9-13-32)15-22(25)27(35)31-10-6-19(7-11-31)14-18-2-4-20(29)5-3-18/h2-5,15-16,19,23,30,37H,6-14,17H2,1H3. The van der Waals surface area contributed by atoms with Crippen LogP contribution in [0.3, 0.4) is 0 Å². The van der Waals surface area contributed by atoms with Crippen LogP contribution in [0.5, 0.6) is 5.75 Å². The second-order valence-corrected chi connectivity index (χ2v) is 10.2. The molecule has 0 aromatic heterocycles. The molecule has 2 fully saturated rings. The number of nitrogens with zero attached hydrogens (tertiary/aromatic N) is 3. The van der Waals surface area contributed by atoms with E-state index in [0.717, 1.165) is 29.9 Å². The molecule has 202 valence electrons. The third kappa shape index (κ3) is 5.23. The Kier molecular flexibility index (Phi) is 7.62. The molecule has 2 aromatic rings. The number of carbonyl (C=O) groups excluding carboxylic acids is 3. The number of Topliss-reactive ketones (excluding diaryl/α,β-unsaturated/α-hetero) is 1. The molecule has 1 atom stereocenters. The van der Waals surface area contributed by atoms with Crippen molar-refractivity contribution >= 4 is 23.3 Å². The lowest BCUT2D eigenvalue weighted by Gasteiger charge is -2.32. The topological polar surface area (TPSA) is 102 Å². The van der Waals surface area contributed by atoms with Crippen LogP contribution in [0.4, 0.5) is 10.1 Å². The molecule has 10 heteroatoms. The molecule has 2 amide bonds. The zero-order valence-electron chi connectivity index (χ0n) is 21.5. The van der Waals surface area contributed by atoms with Gasteiger partial charge in [0.05, 0.1) is 30.8 Å². The predicted octanol–water partition coefficient (Wildman–Crippen LogP) is 2.22. The Bertz CT molecular complexity index is 1210. The second-order valence-electron chi connectivity index (χ2n) is 10.2. The van der Waals surface area contributed by atoms with Crippen LogP contribution < -0.4 is 15.1 Å². The van der Waals surface area contributed by atoms with Crippen molar-refractivity contribution in [3.8, 4) is 5.75 Å². The first-order valence-corrected chi connectivity index (χ1v) is 13.1. The molecular weight excluding hydrogens is 491 g/mol. The van der Waals surface area contributed by atoms with Crippen molar-refractivity contribution in [1.82, 2.24) is 15.1 Å². The van der Waals surface area contributed by atoms with Crippen molar-refractivity contribution < 1.29 is 28.7 Å². The van der Waals surface area contributed by atoms with Gasteiger partial charge in [0.25, 0.3) is 11.8 Å². The maximum absolute atomic E-state index is 13.6. The van der Waals surface area contributed by atoms with Gasteiger partial charge in [-0.2, -0.15) is 0 Å². The highest BCUT2D eigenvalue weighted by Gasteiger charge is 2.40. The average Bonchev–Trinajstić information content (AvgIpc) is 3.28. The largest absolute Gasteiger partial charge is 0.496 e. The van der Waals surface area contributed by atoms with Crippen LogP contribution >= 0.6 is 0 Å². The Labute approximate surface area is 221 Å². The molecule has 0 spiro atoms. The van der Waals surface area contributed by atoms with E-state index in [1.54, 1.807) is 29.2 Å². The van der Waals surface area contributed by atoms with Crippen LogP contribution in [0, 0.1) is 11.7 Å². The molecule has 0 radical (unpaired) electrons. The molecule has 38 heavy (non-hydrogen) atoms. The number of anilines is 1. The van der Waals surface area contributed by atoms with Gasteiger partial charge in [-0.3, -0.25) is 24.7 Å². The number of hydrogen-bond donors (Lipinski definition) is 2. The molecule has 5 rings (SSSR count). The highest BCUT2D eigenvalue weighted by atomic mass is 19.1. The molecule has 9 nitrogen and oxygen atoms in total. The van der Waals surface area contributed by atoms with Gasteiger partial charge < -0.3 is 19.9 Å². The molecule has 0 saturated carbocycles. The number of ketones is 1. The quantitative estimate of drug-likeness (QED) is 0.559. The zero-order valence-corrected chi connectivity index (χ0v) is 21.5. The van der Waals surface area contributed by atoms with E-state index < -0.39 is 17.6 Å². The smallest absolute Gasteiger partial charge is 0.290 e. The van der Waals surface area contributed by atoms with E-state index in [9.17, 15) is 24.0 Å². The van der Waals surface area contributed by atoms with Crippen molar-refractivity contribution in [2.45, 2.75) is 25.2 Å². The summed E-state index contributed by atoms with van der Waals surface area (Å²) in [4.78, 5) is 43.0. The Balaban J connectivity index is 1.31. The molecular formula is C28H33FN4O5. The molecule has 2 N–H and O–H groups in total. The van der Waals surface area contributed by atoms with E-state index in [1.807, 2.05) is 0 Å². The van der Waals surface area contributed by atoms with Crippen molar-refractivity contribution in [3.63, 3.8) is 0 Å². The summed E-state index contributed by atoms with van der Waals surface area (Å²) in [6.07, 6.45) is 2.48. The van der Waals surface area contributed by atoms with Gasteiger partial charge in [-0.05, 0) is 54.5 Å². The number of fused-ring (bicyclic) bond motifs is 1. The van der Waals surface area contributed by atoms with Crippen LogP contribution in [0.2, 0.25) is 0 Å². The number of hydroxylamine groups is 1. The summed E-state index contributed by atoms with van der Waals surface area (Å²) in [6, 6.07) is 9.71. The lowest BCUT2D eigenvalue weighted by Crippen LogP contribution is -2.49. The molecule has 2 aromatic carbocycles. The number of nitrogens with one attached hydrogen (secondary N) is 1. The van der Waals surface area contributed by atoms with E-state index in [0.29, 0.717) is 67.8 Å². The van der Waals surface area contributed by atoms with Gasteiger partial charge in [-0.15, -0.1) is 0 Å². The Morgan fingerprint density at radius 1 is 1.03 bits per heavy atom. The Hall–Kier alpha value is -3.50. The van der Waals surface area contributed by atoms with Crippen molar-refractivity contribution in [2.75, 3.05) is 58.0 Å². The van der Waals surface area contributed by atoms with Crippen LogP contribution in [0.25, 0.3) is 0 Å². The van der Waals surface area contributed by atoms with Gasteiger partial charge >= 0.3 is 0 Å². The van der Waals surface area contributed by atoms with Gasteiger partial charge in [0.15, 0.2) is 0 Å². The van der Waals surface area contributed by atoms with E-state index >= 15 is 0 Å². The number of benzene rings is 2. The molecule has 0 aliphatic carbocycles. The van der Waals surface area contributed by atoms with E-state index in [1.165, 1.54) is 24.1 Å². The number of ether oxygens (including phenoxy) is 1. The monoisotopic (exact) mass is 524 g/mol. The minimum absolute atomic E-state index is 0.0540. The van der Waals surface area contributed by atoms with Gasteiger partial charge in [0.2, 0.25) is 5.78 Å². The summed E-state index contributed by atoms with van der Waals surface area (Å²) >= 11 is 0. The second kappa shape index (κ2) is 11.1. The molecule has 3 heterocycles. The third-order valence-electron chi connectivity index (χ3n) is 7.86. The summed E-state index contributed by atoms with van der Waals surface area (Å²) in [5.41, 5.74) is 2.21. The number of carbonyl (C=O) groups is 3. The van der Waals surface area contributed by atoms with E-state index in [-0.39, 0.29) is 18.3 Å². The van der Waals surface area contributed by atoms with Crippen LogP contribution in [0.1, 0.15) is 40.2 Å². The molecule has 0 bridgehead atoms. The first-order valence-electron chi connectivity index (χ1n) is 13.1. The maximum Gasteiger partial charge on any atom is 0.290 e. The fourth-order valence-corrected chi connectivity index (χ4v) is 5.66. The number of halogens is 1. The number of methoxy groups -OCH3 is 1. The summed E-state index contributed by atoms with van der Waals surface area (Å²) in [5, 5.41) is 14.6. The molecule has 1 unspecified atom stereocenters. The number of piperidine rings is 1. The van der Waals surface area contributed by atoms with Gasteiger partial charge in [-0.1, -0.05) is 12.1 Å². The average molecular weight is 525 g/mol. The highest BCUT2D eigenvalue weighted by molar-refractivity contribution is 6.38. The minimum atomic E-state index is -0.865. The van der Waals surface area contributed by atoms with Gasteiger partial charge in [0, 0.05) is 45.3 Å². The van der Waals surface area contributed by atoms with E-state index in [2.05, 4.69) is 5.32 Å². The fourth-order valence-electron chi connectivity index (χ4n) is 5.66. The lowest BCUT2D eigenvalue weighted by molar-refractivity contribution is -0.145. The van der Waals surface area contributed by atoms with Crippen molar-refractivity contribution in [1.29, 1.82) is 0 Å². The first kappa shape index (κ1) is 26.1. The Morgan fingerprint density at radius 3 is 2.37 bits per heavy atom. The summed E-state index contributed by atoms with van der Waals surface area (Å²) in [7, 11) is 1.46. The van der Waals surface area contributed by atoms with Crippen LogP contribution in [-0.2, 0) is 16.0 Å². The zero-order chi connectivity index (χ0) is 26.8.